The summed E-state index contributed by atoms with van der Waals surface area (Å²) in [5, 5.41) is 22.9. The molecule has 0 saturated carbocycles. The molecule has 446 valence electrons. The molecule has 0 radical (unpaired) electrons. The van der Waals surface area contributed by atoms with Crippen molar-refractivity contribution in [2.24, 2.45) is 0 Å². The molecule has 4 aromatic heterocycles. The lowest BCUT2D eigenvalue weighted by atomic mass is 9.94. The average molecular weight is 1220 g/mol. The third kappa shape index (κ3) is 8.29. The predicted molar refractivity (Wildman–Crippen MR) is 409 cm³/mol. The molecular formula is C92H58N4. The molecule has 0 aliphatic heterocycles. The van der Waals surface area contributed by atoms with Crippen LogP contribution in [0.3, 0.4) is 0 Å². The zero-order valence-electron chi connectivity index (χ0n) is 52.3. The highest BCUT2D eigenvalue weighted by molar-refractivity contribution is 6.26. The van der Waals surface area contributed by atoms with Crippen molar-refractivity contribution in [1.82, 2.24) is 18.3 Å². The van der Waals surface area contributed by atoms with Crippen LogP contribution in [0.1, 0.15) is 0 Å². The summed E-state index contributed by atoms with van der Waals surface area (Å²) in [6, 6.07) is 129. The summed E-state index contributed by atoms with van der Waals surface area (Å²) in [5.41, 5.74) is 19.3. The van der Waals surface area contributed by atoms with Gasteiger partial charge in [-0.15, -0.1) is 0 Å². The van der Waals surface area contributed by atoms with E-state index in [1.807, 2.05) is 0 Å². The highest BCUT2D eigenvalue weighted by Gasteiger charge is 2.22. The molecule has 4 heteroatoms. The van der Waals surface area contributed by atoms with Crippen molar-refractivity contribution < 1.29 is 0 Å². The minimum absolute atomic E-state index is 1.16. The lowest BCUT2D eigenvalue weighted by Crippen LogP contribution is -1.95. The third-order valence-corrected chi connectivity index (χ3v) is 20.4. The monoisotopic (exact) mass is 1220 g/mol. The molecule has 21 rings (SSSR count). The Labute approximate surface area is 552 Å². The standard InChI is InChI=1S/C48H30N2.C44H28N2/c1-2-12-31(13-3-1)32-22-24-33(25-23-32)49-45-20-10-8-18-40(45)43-30-48-44(29-47(43)49)41-19-9-11-21-46(41)50(48)34-26-27-39-37-16-5-4-14-35(37)36-15-6-7-17-38(36)42(39)28-34;1-2-10-29(11-3-1)30-20-22-33(23-21-30)45-41-16-8-6-14-37(41)39-28-44-40(27-43(39)45)38-15-7-9-17-42(38)46(44)34-24-25-36-32(26-34)19-18-31-12-4-5-13-35(31)36/h1-30H;1-28H. The lowest BCUT2D eigenvalue weighted by molar-refractivity contribution is 1.18. The molecule has 0 bridgehead atoms. The predicted octanol–water partition coefficient (Wildman–Crippen LogP) is 24.9. The zero-order valence-corrected chi connectivity index (χ0v) is 52.3. The largest absolute Gasteiger partial charge is 0.309 e. The minimum atomic E-state index is 1.16. The fraction of sp³-hybridized carbons (Fsp3) is 0. The molecule has 4 nitrogen and oxygen atoms in total. The summed E-state index contributed by atoms with van der Waals surface area (Å²) < 4.78 is 9.76. The van der Waals surface area contributed by atoms with Crippen LogP contribution in [0.15, 0.2) is 352 Å². The molecule has 0 amide bonds. The first-order valence-electron chi connectivity index (χ1n) is 33.1. The van der Waals surface area contributed by atoms with Crippen molar-refractivity contribution in [2.45, 2.75) is 0 Å². The van der Waals surface area contributed by atoms with Crippen LogP contribution < -0.4 is 0 Å². The second-order valence-corrected chi connectivity index (χ2v) is 25.5. The van der Waals surface area contributed by atoms with Gasteiger partial charge in [-0.2, -0.15) is 0 Å². The van der Waals surface area contributed by atoms with Gasteiger partial charge in [0, 0.05) is 65.8 Å². The molecule has 0 saturated heterocycles. The highest BCUT2D eigenvalue weighted by atomic mass is 15.0. The topological polar surface area (TPSA) is 19.7 Å². The Morgan fingerprint density at radius 1 is 0.125 bits per heavy atom. The molecule has 0 aliphatic rings. The Balaban J connectivity index is 0.000000132. The van der Waals surface area contributed by atoms with Gasteiger partial charge in [-0.05, 0) is 173 Å². The van der Waals surface area contributed by atoms with Gasteiger partial charge >= 0.3 is 0 Å². The Morgan fingerprint density at radius 2 is 0.396 bits per heavy atom. The maximum atomic E-state index is 2.47. The summed E-state index contributed by atoms with van der Waals surface area (Å²) in [7, 11) is 0. The molecule has 4 heterocycles. The quantitative estimate of drug-likeness (QED) is 0.148. The van der Waals surface area contributed by atoms with Crippen LogP contribution in [0.5, 0.6) is 0 Å². The summed E-state index contributed by atoms with van der Waals surface area (Å²) in [5.74, 6) is 0. The number of hydrogen-bond donors (Lipinski definition) is 0. The van der Waals surface area contributed by atoms with E-state index in [1.165, 1.54) is 175 Å². The highest BCUT2D eigenvalue weighted by Crippen LogP contribution is 2.44. The molecule has 0 fully saturated rings. The molecule has 0 unspecified atom stereocenters. The van der Waals surface area contributed by atoms with E-state index in [2.05, 4.69) is 370 Å². The van der Waals surface area contributed by atoms with E-state index in [-0.39, 0.29) is 0 Å². The molecular weight excluding hydrogens is 1160 g/mol. The third-order valence-electron chi connectivity index (χ3n) is 20.4. The van der Waals surface area contributed by atoms with E-state index in [1.54, 1.807) is 0 Å². The van der Waals surface area contributed by atoms with E-state index in [0.29, 0.717) is 0 Å². The van der Waals surface area contributed by atoms with Crippen molar-refractivity contribution >= 4 is 141 Å². The molecule has 0 spiro atoms. The fourth-order valence-electron chi connectivity index (χ4n) is 16.0. The van der Waals surface area contributed by atoms with Gasteiger partial charge in [-0.3, -0.25) is 0 Å². The summed E-state index contributed by atoms with van der Waals surface area (Å²) >= 11 is 0. The van der Waals surface area contributed by atoms with Gasteiger partial charge in [0.15, 0.2) is 0 Å². The van der Waals surface area contributed by atoms with Gasteiger partial charge in [0.05, 0.1) is 44.1 Å². The van der Waals surface area contributed by atoms with E-state index in [9.17, 15) is 0 Å². The number of nitrogens with zero attached hydrogens (tertiary/aromatic N) is 4. The average Bonchev–Trinajstić information content (AvgIpc) is 1.50. The second kappa shape index (κ2) is 21.4. The van der Waals surface area contributed by atoms with Crippen molar-refractivity contribution in [1.29, 1.82) is 0 Å². The molecule has 17 aromatic carbocycles. The Bertz CT molecular complexity index is 6690. The van der Waals surface area contributed by atoms with Crippen molar-refractivity contribution in [3.63, 3.8) is 0 Å². The number of rotatable bonds is 6. The molecule has 21 aromatic rings. The van der Waals surface area contributed by atoms with Crippen molar-refractivity contribution in [3.05, 3.63) is 352 Å². The first-order valence-corrected chi connectivity index (χ1v) is 33.1. The van der Waals surface area contributed by atoms with E-state index in [4.69, 9.17) is 0 Å². The van der Waals surface area contributed by atoms with Crippen molar-refractivity contribution in [3.8, 4) is 45.0 Å². The van der Waals surface area contributed by atoms with Gasteiger partial charge in [-0.25, -0.2) is 0 Å². The Hall–Kier alpha value is -12.8. The van der Waals surface area contributed by atoms with Crippen LogP contribution in [0.2, 0.25) is 0 Å². The fourth-order valence-corrected chi connectivity index (χ4v) is 16.0. The Morgan fingerprint density at radius 3 is 0.812 bits per heavy atom. The number of benzene rings is 17. The molecule has 0 atom stereocenters. The van der Waals surface area contributed by atoms with Crippen molar-refractivity contribution in [2.75, 3.05) is 0 Å². The first-order chi connectivity index (χ1) is 47.6. The molecule has 0 N–H and O–H groups in total. The lowest BCUT2D eigenvalue weighted by Gasteiger charge is -2.14. The second-order valence-electron chi connectivity index (χ2n) is 25.5. The van der Waals surface area contributed by atoms with E-state index in [0.717, 1.165) is 11.4 Å². The number of hydrogen-bond acceptors (Lipinski definition) is 0. The van der Waals surface area contributed by atoms with Crippen LogP contribution in [0.25, 0.3) is 186 Å². The van der Waals surface area contributed by atoms with Gasteiger partial charge in [0.2, 0.25) is 0 Å². The van der Waals surface area contributed by atoms with Crippen LogP contribution in [-0.2, 0) is 0 Å². The van der Waals surface area contributed by atoms with Gasteiger partial charge < -0.3 is 18.3 Å². The Kier molecular flexibility index (Phi) is 12.0. The first kappa shape index (κ1) is 53.9. The summed E-state index contributed by atoms with van der Waals surface area (Å²) in [6.45, 7) is 0. The van der Waals surface area contributed by atoms with Crippen LogP contribution >= 0.6 is 0 Å². The van der Waals surface area contributed by atoms with Gasteiger partial charge in [0.1, 0.15) is 0 Å². The SMILES string of the molecule is c1ccc(-c2ccc(-n3c4ccccc4c4cc5c(cc43)c3ccccc3n5-c3ccc4c(ccc5ccccc54)c3)cc2)cc1.c1ccc(-c2ccc(-n3c4ccccc4c4cc5c(cc43)c3ccccc3n5-c3ccc4c5ccccc5c5ccccc5c4c3)cc2)cc1. The smallest absolute Gasteiger partial charge is 0.0548 e. The molecule has 0 aliphatic carbocycles. The van der Waals surface area contributed by atoms with Gasteiger partial charge in [0.25, 0.3) is 0 Å². The maximum Gasteiger partial charge on any atom is 0.0548 e. The summed E-state index contributed by atoms with van der Waals surface area (Å²) in [6.07, 6.45) is 0. The van der Waals surface area contributed by atoms with E-state index < -0.39 is 0 Å². The maximum absolute atomic E-state index is 2.47. The van der Waals surface area contributed by atoms with Crippen LogP contribution in [-0.4, -0.2) is 18.3 Å². The molecule has 96 heavy (non-hydrogen) atoms. The van der Waals surface area contributed by atoms with E-state index >= 15 is 0 Å². The van der Waals surface area contributed by atoms with Gasteiger partial charge in [-0.1, -0.05) is 255 Å². The summed E-state index contributed by atoms with van der Waals surface area (Å²) in [4.78, 5) is 0. The number of fused-ring (bicyclic) bond motifs is 21. The zero-order chi connectivity index (χ0) is 63.0. The van der Waals surface area contributed by atoms with Crippen LogP contribution in [0.4, 0.5) is 0 Å². The van der Waals surface area contributed by atoms with Crippen LogP contribution in [0, 0.1) is 0 Å². The number of para-hydroxylation sites is 4. The minimum Gasteiger partial charge on any atom is -0.309 e. The normalized spacial score (nSPS) is 12.0. The number of aromatic nitrogens is 4.